The van der Waals surface area contributed by atoms with Crippen LogP contribution in [-0.4, -0.2) is 57.8 Å². The third kappa shape index (κ3) is 5.24. The van der Waals surface area contributed by atoms with Crippen molar-refractivity contribution < 1.29 is 24.0 Å². The average Bonchev–Trinajstić information content (AvgIpc) is 3.67. The van der Waals surface area contributed by atoms with Gasteiger partial charge < -0.3 is 19.7 Å². The molecule has 9 heteroatoms. The number of nitrogens with one attached hydrogen (secondary N) is 1. The molecule has 3 aliphatic rings. The van der Waals surface area contributed by atoms with Crippen LogP contribution in [0.3, 0.4) is 0 Å². The van der Waals surface area contributed by atoms with Gasteiger partial charge in [-0.15, -0.1) is 0 Å². The summed E-state index contributed by atoms with van der Waals surface area (Å²) >= 11 is 0. The Hall–Kier alpha value is -2.75. The zero-order valence-corrected chi connectivity index (χ0v) is 23.0. The monoisotopic (exact) mass is 519 g/mol. The highest BCUT2D eigenvalue weighted by atomic mass is 16.7. The Morgan fingerprint density at radius 1 is 1.13 bits per heavy atom. The van der Waals surface area contributed by atoms with Crippen LogP contribution in [0.1, 0.15) is 92.9 Å². The van der Waals surface area contributed by atoms with E-state index in [2.05, 4.69) is 10.3 Å². The number of benzene rings is 1. The first-order valence-corrected chi connectivity index (χ1v) is 13.7. The first-order valence-electron chi connectivity index (χ1n) is 13.7. The summed E-state index contributed by atoms with van der Waals surface area (Å²) in [6.07, 6.45) is 6.54. The van der Waals surface area contributed by atoms with E-state index in [4.69, 9.17) is 9.31 Å². The molecule has 0 bridgehead atoms. The molecule has 1 saturated carbocycles. The van der Waals surface area contributed by atoms with Crippen molar-refractivity contribution in [1.82, 2.24) is 9.88 Å². The van der Waals surface area contributed by atoms with Crippen LogP contribution >= 0.6 is 0 Å². The lowest BCUT2D eigenvalue weighted by molar-refractivity contribution is -0.144. The molecule has 0 spiro atoms. The van der Waals surface area contributed by atoms with E-state index in [1.165, 1.54) is 0 Å². The maximum Gasteiger partial charge on any atom is 0.495 e. The number of carboxylic acids is 1. The van der Waals surface area contributed by atoms with Gasteiger partial charge in [0, 0.05) is 18.4 Å². The lowest BCUT2D eigenvalue weighted by atomic mass is 9.76. The van der Waals surface area contributed by atoms with Crippen LogP contribution in [0.5, 0.6) is 0 Å². The molecule has 1 amide bonds. The van der Waals surface area contributed by atoms with Crippen LogP contribution in [-0.2, 0) is 20.6 Å². The van der Waals surface area contributed by atoms with Crippen LogP contribution in [0.15, 0.2) is 30.5 Å². The summed E-state index contributed by atoms with van der Waals surface area (Å²) in [4.78, 5) is 31.6. The number of likely N-dealkylation sites (tertiary alicyclic amines) is 1. The maximum atomic E-state index is 13.3. The highest BCUT2D eigenvalue weighted by Gasteiger charge is 2.52. The third-order valence-corrected chi connectivity index (χ3v) is 8.68. The normalized spacial score (nSPS) is 22.9. The van der Waals surface area contributed by atoms with E-state index < -0.39 is 30.3 Å². The van der Waals surface area contributed by atoms with Crippen molar-refractivity contribution in [3.63, 3.8) is 0 Å². The van der Waals surface area contributed by atoms with Crippen molar-refractivity contribution in [3.8, 4) is 0 Å². The zero-order valence-electron chi connectivity index (χ0n) is 23.0. The zero-order chi connectivity index (χ0) is 27.2. The quantitative estimate of drug-likeness (QED) is 0.528. The van der Waals surface area contributed by atoms with Crippen molar-refractivity contribution >= 4 is 30.1 Å². The van der Waals surface area contributed by atoms with E-state index in [1.807, 2.05) is 63.8 Å². The molecule has 8 nitrogen and oxygen atoms in total. The van der Waals surface area contributed by atoms with E-state index in [1.54, 1.807) is 6.20 Å². The SMILES string of the molecule is Cc1c(NC(=O)c2cc(C3CC3)c(CN3CCCCC3C(=O)O)cn2)cccc1B1OC(C)(C)C(C)(C)O1. The molecule has 0 radical (unpaired) electrons. The molecule has 2 N–H and O–H groups in total. The molecular formula is C29H38BN3O5. The van der Waals surface area contributed by atoms with E-state index in [0.29, 0.717) is 30.3 Å². The number of pyridine rings is 1. The second-order valence-corrected chi connectivity index (χ2v) is 11.9. The predicted octanol–water partition coefficient (Wildman–Crippen LogP) is 4.26. The number of hydrogen-bond acceptors (Lipinski definition) is 6. The molecule has 1 aromatic carbocycles. The van der Waals surface area contributed by atoms with Gasteiger partial charge >= 0.3 is 13.1 Å². The van der Waals surface area contributed by atoms with Crippen LogP contribution in [0, 0.1) is 6.92 Å². The van der Waals surface area contributed by atoms with Gasteiger partial charge in [-0.3, -0.25) is 19.5 Å². The fraction of sp³-hybridized carbons (Fsp3) is 0.552. The van der Waals surface area contributed by atoms with Crippen LogP contribution in [0.4, 0.5) is 5.69 Å². The number of aromatic nitrogens is 1. The average molecular weight is 519 g/mol. The molecule has 3 heterocycles. The summed E-state index contributed by atoms with van der Waals surface area (Å²) in [5, 5.41) is 12.7. The molecule has 2 aliphatic heterocycles. The number of carboxylic acid groups (broad SMARTS) is 1. The smallest absolute Gasteiger partial charge is 0.480 e. The molecule has 2 aromatic rings. The number of aliphatic carboxylic acids is 1. The largest absolute Gasteiger partial charge is 0.495 e. The maximum absolute atomic E-state index is 13.3. The summed E-state index contributed by atoms with van der Waals surface area (Å²) in [5.74, 6) is -0.630. The molecular weight excluding hydrogens is 481 g/mol. The Morgan fingerprint density at radius 2 is 1.84 bits per heavy atom. The van der Waals surface area contributed by atoms with E-state index in [9.17, 15) is 14.7 Å². The lowest BCUT2D eigenvalue weighted by Crippen LogP contribution is -2.44. The minimum absolute atomic E-state index is 0.269. The van der Waals surface area contributed by atoms with Gasteiger partial charge in [-0.1, -0.05) is 18.6 Å². The Labute approximate surface area is 225 Å². The Morgan fingerprint density at radius 3 is 2.50 bits per heavy atom. The van der Waals surface area contributed by atoms with E-state index in [0.717, 1.165) is 54.4 Å². The van der Waals surface area contributed by atoms with Crippen molar-refractivity contribution in [3.05, 3.63) is 52.8 Å². The van der Waals surface area contributed by atoms with Gasteiger partial charge in [0.1, 0.15) is 11.7 Å². The van der Waals surface area contributed by atoms with Crippen LogP contribution < -0.4 is 10.8 Å². The van der Waals surface area contributed by atoms with Crippen molar-refractivity contribution in [2.24, 2.45) is 0 Å². The van der Waals surface area contributed by atoms with Crippen molar-refractivity contribution in [2.75, 3.05) is 11.9 Å². The second kappa shape index (κ2) is 10.1. The summed E-state index contributed by atoms with van der Waals surface area (Å²) in [6, 6.07) is 7.18. The van der Waals surface area contributed by atoms with Crippen LogP contribution in [0.2, 0.25) is 0 Å². The third-order valence-electron chi connectivity index (χ3n) is 8.68. The Bertz CT molecular complexity index is 1230. The summed E-state index contributed by atoms with van der Waals surface area (Å²) in [7, 11) is -0.514. The number of carbonyl (C=O) groups is 2. The van der Waals surface area contributed by atoms with Crippen molar-refractivity contribution in [1.29, 1.82) is 0 Å². The number of hydrogen-bond donors (Lipinski definition) is 2. The first kappa shape index (κ1) is 26.8. The summed E-state index contributed by atoms with van der Waals surface area (Å²) in [5.41, 5.74) is 4.07. The number of nitrogens with zero attached hydrogens (tertiary/aromatic N) is 2. The Kier molecular flexibility index (Phi) is 7.13. The summed E-state index contributed by atoms with van der Waals surface area (Å²) < 4.78 is 12.5. The molecule has 1 unspecified atom stereocenters. The van der Waals surface area contributed by atoms with Crippen LogP contribution in [0.25, 0.3) is 0 Å². The van der Waals surface area contributed by atoms with Gasteiger partial charge in [-0.2, -0.15) is 0 Å². The van der Waals surface area contributed by atoms with E-state index in [-0.39, 0.29) is 5.91 Å². The molecule has 2 saturated heterocycles. The number of carbonyl (C=O) groups excluding carboxylic acids is 1. The van der Waals surface area contributed by atoms with Gasteiger partial charge in [-0.05, 0) is 107 Å². The predicted molar refractivity (Wildman–Crippen MR) is 147 cm³/mol. The lowest BCUT2D eigenvalue weighted by Gasteiger charge is -2.33. The molecule has 202 valence electrons. The molecule has 1 aliphatic carbocycles. The second-order valence-electron chi connectivity index (χ2n) is 11.9. The van der Waals surface area contributed by atoms with Gasteiger partial charge in [0.15, 0.2) is 0 Å². The van der Waals surface area contributed by atoms with Gasteiger partial charge in [0.25, 0.3) is 5.91 Å². The summed E-state index contributed by atoms with van der Waals surface area (Å²) in [6.45, 7) is 11.4. The van der Waals surface area contributed by atoms with Gasteiger partial charge in [0.2, 0.25) is 0 Å². The molecule has 1 atom stereocenters. The van der Waals surface area contributed by atoms with Gasteiger partial charge in [0.05, 0.1) is 11.2 Å². The minimum atomic E-state index is -0.764. The highest BCUT2D eigenvalue weighted by molar-refractivity contribution is 6.62. The topological polar surface area (TPSA) is 101 Å². The molecule has 1 aromatic heterocycles. The van der Waals surface area contributed by atoms with Gasteiger partial charge in [-0.25, -0.2) is 0 Å². The number of amides is 1. The number of rotatable bonds is 7. The van der Waals surface area contributed by atoms with Crippen molar-refractivity contribution in [2.45, 2.75) is 96.4 Å². The fourth-order valence-corrected chi connectivity index (χ4v) is 5.41. The molecule has 38 heavy (non-hydrogen) atoms. The minimum Gasteiger partial charge on any atom is -0.480 e. The van der Waals surface area contributed by atoms with E-state index >= 15 is 0 Å². The Balaban J connectivity index is 1.34. The number of anilines is 1. The number of piperidine rings is 1. The standard InChI is InChI=1S/C29H38BN3O5/c1-18-22(30-37-28(2,3)29(4,5)38-30)9-8-10-23(18)32-26(34)24-15-21(19-12-13-19)20(16-31-24)17-33-14-7-6-11-25(33)27(35)36/h8-10,15-16,19,25H,6-7,11-14,17H2,1-5H3,(H,32,34)(H,35,36). The molecule has 5 rings (SSSR count). The first-order chi connectivity index (χ1) is 18.0. The molecule has 3 fully saturated rings. The fourth-order valence-electron chi connectivity index (χ4n) is 5.41. The highest BCUT2D eigenvalue weighted by Crippen LogP contribution is 2.42.